The van der Waals surface area contributed by atoms with Gasteiger partial charge in [0, 0.05) is 11.9 Å². The summed E-state index contributed by atoms with van der Waals surface area (Å²) in [6.45, 7) is 5.63. The third kappa shape index (κ3) is 14.3. The van der Waals surface area contributed by atoms with E-state index in [1.54, 1.807) is 6.92 Å². The van der Waals surface area contributed by atoms with Crippen LogP contribution in [0.3, 0.4) is 0 Å². The van der Waals surface area contributed by atoms with E-state index in [1.807, 2.05) is 0 Å². The summed E-state index contributed by atoms with van der Waals surface area (Å²) in [6, 6.07) is 0. The number of aliphatic hydroxyl groups is 1. The first-order chi connectivity index (χ1) is 8.66. The van der Waals surface area contributed by atoms with E-state index < -0.39 is 0 Å². The first-order valence-corrected chi connectivity index (χ1v) is 8.13. The Morgan fingerprint density at radius 1 is 1.00 bits per heavy atom. The van der Waals surface area contributed by atoms with E-state index in [0.717, 1.165) is 19.4 Å². The number of aliphatic hydroxyl groups excluding tert-OH is 1. The molecule has 0 aromatic heterocycles. The van der Waals surface area contributed by atoms with Gasteiger partial charge in [-0.2, -0.15) is 0 Å². The number of hydrogen-bond acceptors (Lipinski definition) is 2. The van der Waals surface area contributed by atoms with Gasteiger partial charge in [-0.1, -0.05) is 51.9 Å². The molecule has 0 aliphatic carbocycles. The number of unbranched alkanes of at least 4 members (excludes halogenated alkanes) is 6. The van der Waals surface area contributed by atoms with E-state index in [4.69, 9.17) is 16.7 Å². The molecular weight excluding hydrogens is 246 g/mol. The standard InChI is InChI=1S/C15H32ClNO/c1-3-4-5-6-7-8-9-10-15(16)11-12-17-13-14(2)18/h14-15,17-18H,3-13H2,1-2H3. The van der Waals surface area contributed by atoms with Gasteiger partial charge in [-0.05, 0) is 26.3 Å². The SMILES string of the molecule is CCCCCCCCCC(Cl)CCNCC(C)O. The second-order valence-corrected chi connectivity index (χ2v) is 5.97. The van der Waals surface area contributed by atoms with Gasteiger partial charge in [-0.15, -0.1) is 11.6 Å². The number of nitrogens with one attached hydrogen (secondary N) is 1. The zero-order chi connectivity index (χ0) is 13.6. The average molecular weight is 278 g/mol. The van der Waals surface area contributed by atoms with Gasteiger partial charge in [0.1, 0.15) is 0 Å². The normalized spacial score (nSPS) is 14.7. The van der Waals surface area contributed by atoms with Crippen LogP contribution in [0.4, 0.5) is 0 Å². The van der Waals surface area contributed by atoms with Crippen molar-refractivity contribution in [2.24, 2.45) is 0 Å². The Balaban J connectivity index is 3.14. The van der Waals surface area contributed by atoms with Crippen LogP contribution in [-0.2, 0) is 0 Å². The molecule has 0 rings (SSSR count). The highest BCUT2D eigenvalue weighted by molar-refractivity contribution is 6.20. The summed E-state index contributed by atoms with van der Waals surface area (Å²) in [5.74, 6) is 0. The zero-order valence-electron chi connectivity index (χ0n) is 12.3. The topological polar surface area (TPSA) is 32.3 Å². The molecule has 0 radical (unpaired) electrons. The fourth-order valence-electron chi connectivity index (χ4n) is 2.04. The Labute approximate surface area is 118 Å². The Morgan fingerprint density at radius 2 is 1.61 bits per heavy atom. The molecule has 0 aliphatic heterocycles. The lowest BCUT2D eigenvalue weighted by Crippen LogP contribution is -2.26. The maximum Gasteiger partial charge on any atom is 0.0636 e. The molecule has 0 saturated carbocycles. The van der Waals surface area contributed by atoms with Crippen molar-refractivity contribution >= 4 is 11.6 Å². The van der Waals surface area contributed by atoms with Gasteiger partial charge in [0.2, 0.25) is 0 Å². The first kappa shape index (κ1) is 18.2. The lowest BCUT2D eigenvalue weighted by Gasteiger charge is -2.11. The van der Waals surface area contributed by atoms with E-state index in [-0.39, 0.29) is 6.10 Å². The van der Waals surface area contributed by atoms with E-state index in [0.29, 0.717) is 11.9 Å². The van der Waals surface area contributed by atoms with Crippen molar-refractivity contribution in [1.82, 2.24) is 5.32 Å². The summed E-state index contributed by atoms with van der Waals surface area (Å²) in [7, 11) is 0. The highest BCUT2D eigenvalue weighted by Gasteiger charge is 2.04. The lowest BCUT2D eigenvalue weighted by molar-refractivity contribution is 0.191. The summed E-state index contributed by atoms with van der Waals surface area (Å²) < 4.78 is 0. The quantitative estimate of drug-likeness (QED) is 0.392. The Bertz CT molecular complexity index is 165. The molecule has 0 bridgehead atoms. The summed E-state index contributed by atoms with van der Waals surface area (Å²) in [4.78, 5) is 0. The molecule has 3 heteroatoms. The van der Waals surface area contributed by atoms with Gasteiger partial charge >= 0.3 is 0 Å². The number of hydrogen-bond donors (Lipinski definition) is 2. The van der Waals surface area contributed by atoms with Gasteiger partial charge in [-0.3, -0.25) is 0 Å². The minimum Gasteiger partial charge on any atom is -0.392 e. The molecule has 2 N–H and O–H groups in total. The molecule has 0 saturated heterocycles. The van der Waals surface area contributed by atoms with Gasteiger partial charge in [0.05, 0.1) is 6.10 Å². The van der Waals surface area contributed by atoms with Crippen molar-refractivity contribution in [2.45, 2.75) is 83.1 Å². The van der Waals surface area contributed by atoms with Crippen LogP contribution < -0.4 is 5.32 Å². The minimum atomic E-state index is -0.262. The Kier molecular flexibility index (Phi) is 13.8. The molecule has 2 unspecified atom stereocenters. The van der Waals surface area contributed by atoms with Crippen molar-refractivity contribution in [3.8, 4) is 0 Å². The average Bonchev–Trinajstić information content (AvgIpc) is 2.33. The van der Waals surface area contributed by atoms with E-state index in [9.17, 15) is 0 Å². The van der Waals surface area contributed by atoms with Gasteiger partial charge in [0.25, 0.3) is 0 Å². The molecule has 0 aromatic carbocycles. The van der Waals surface area contributed by atoms with Crippen molar-refractivity contribution in [2.75, 3.05) is 13.1 Å². The second-order valence-electron chi connectivity index (χ2n) is 5.35. The lowest BCUT2D eigenvalue weighted by atomic mass is 10.1. The largest absolute Gasteiger partial charge is 0.392 e. The molecule has 0 heterocycles. The second kappa shape index (κ2) is 13.6. The Morgan fingerprint density at radius 3 is 2.22 bits per heavy atom. The summed E-state index contributed by atoms with van der Waals surface area (Å²) in [5.41, 5.74) is 0. The number of alkyl halides is 1. The third-order valence-corrected chi connectivity index (χ3v) is 3.63. The van der Waals surface area contributed by atoms with E-state index in [1.165, 1.54) is 44.9 Å². The predicted octanol–water partition coefficient (Wildman–Crippen LogP) is 4.10. The molecule has 110 valence electrons. The van der Waals surface area contributed by atoms with Crippen LogP contribution in [0.25, 0.3) is 0 Å². The molecular formula is C15H32ClNO. The molecule has 0 aliphatic rings. The smallest absolute Gasteiger partial charge is 0.0636 e. The van der Waals surface area contributed by atoms with Crippen LogP contribution in [-0.4, -0.2) is 29.7 Å². The van der Waals surface area contributed by atoms with Crippen LogP contribution in [0.2, 0.25) is 0 Å². The number of halogens is 1. The van der Waals surface area contributed by atoms with Crippen LogP contribution >= 0.6 is 11.6 Å². The molecule has 0 spiro atoms. The van der Waals surface area contributed by atoms with E-state index in [2.05, 4.69) is 12.2 Å². The van der Waals surface area contributed by atoms with Crippen molar-refractivity contribution < 1.29 is 5.11 Å². The van der Waals surface area contributed by atoms with Gasteiger partial charge in [-0.25, -0.2) is 0 Å². The fourth-order valence-corrected chi connectivity index (χ4v) is 2.30. The summed E-state index contributed by atoms with van der Waals surface area (Å²) in [5, 5.41) is 12.6. The van der Waals surface area contributed by atoms with Crippen LogP contribution in [0.1, 0.15) is 71.6 Å². The monoisotopic (exact) mass is 277 g/mol. The fraction of sp³-hybridized carbons (Fsp3) is 1.00. The first-order valence-electron chi connectivity index (χ1n) is 7.69. The molecule has 0 amide bonds. The number of rotatable bonds is 13. The van der Waals surface area contributed by atoms with Gasteiger partial charge in [0.15, 0.2) is 0 Å². The summed E-state index contributed by atoms with van der Waals surface area (Å²) >= 11 is 6.26. The molecule has 0 fully saturated rings. The predicted molar refractivity (Wildman–Crippen MR) is 81.4 cm³/mol. The van der Waals surface area contributed by atoms with Gasteiger partial charge < -0.3 is 10.4 Å². The molecule has 2 nitrogen and oxygen atoms in total. The maximum atomic E-state index is 9.08. The van der Waals surface area contributed by atoms with Crippen LogP contribution in [0, 0.1) is 0 Å². The molecule has 2 atom stereocenters. The van der Waals surface area contributed by atoms with Crippen LogP contribution in [0.15, 0.2) is 0 Å². The van der Waals surface area contributed by atoms with Crippen LogP contribution in [0.5, 0.6) is 0 Å². The van der Waals surface area contributed by atoms with E-state index >= 15 is 0 Å². The molecule has 0 aromatic rings. The molecule has 18 heavy (non-hydrogen) atoms. The highest BCUT2D eigenvalue weighted by atomic mass is 35.5. The van der Waals surface area contributed by atoms with Crippen molar-refractivity contribution in [3.63, 3.8) is 0 Å². The highest BCUT2D eigenvalue weighted by Crippen LogP contribution is 2.14. The summed E-state index contributed by atoms with van der Waals surface area (Å²) in [6.07, 6.45) is 11.3. The maximum absolute atomic E-state index is 9.08. The van der Waals surface area contributed by atoms with Crippen molar-refractivity contribution in [3.05, 3.63) is 0 Å². The van der Waals surface area contributed by atoms with Crippen molar-refractivity contribution in [1.29, 1.82) is 0 Å². The third-order valence-electron chi connectivity index (χ3n) is 3.20. The minimum absolute atomic E-state index is 0.262. The Hall–Kier alpha value is 0.210. The zero-order valence-corrected chi connectivity index (χ0v) is 13.0.